The zero-order valence-electron chi connectivity index (χ0n) is 14.6. The maximum absolute atomic E-state index is 12.5. The molecule has 0 saturated heterocycles. The Morgan fingerprint density at radius 3 is 2.48 bits per heavy atom. The first-order valence-corrected chi connectivity index (χ1v) is 11.4. The molecular formula is C17H20N2O6S2. The van der Waals surface area contributed by atoms with Crippen LogP contribution in [0.15, 0.2) is 59.5 Å². The van der Waals surface area contributed by atoms with Gasteiger partial charge in [-0.1, -0.05) is 36.4 Å². The Balaban J connectivity index is 1.97. The minimum Gasteiger partial charge on any atom is -0.376 e. The maximum atomic E-state index is 12.5. The molecule has 0 saturated carbocycles. The lowest BCUT2D eigenvalue weighted by Crippen LogP contribution is -2.31. The summed E-state index contributed by atoms with van der Waals surface area (Å²) >= 11 is 0. The highest BCUT2D eigenvalue weighted by molar-refractivity contribution is 8.09. The number of nitrogens with zero attached hydrogens (tertiary/aromatic N) is 1. The lowest BCUT2D eigenvalue weighted by molar-refractivity contribution is -0.385. The fourth-order valence-electron chi connectivity index (χ4n) is 2.18. The number of rotatable bonds is 9. The molecule has 0 heterocycles. The molecule has 0 aliphatic rings. The van der Waals surface area contributed by atoms with Crippen LogP contribution in [0.1, 0.15) is 12.0 Å². The molecule has 10 heteroatoms. The van der Waals surface area contributed by atoms with E-state index in [1.54, 1.807) is 0 Å². The minimum atomic E-state index is -4.16. The van der Waals surface area contributed by atoms with E-state index < -0.39 is 24.7 Å². The van der Waals surface area contributed by atoms with Crippen molar-refractivity contribution < 1.29 is 22.3 Å². The van der Waals surface area contributed by atoms with Crippen LogP contribution in [-0.4, -0.2) is 35.8 Å². The van der Waals surface area contributed by atoms with Gasteiger partial charge in [-0.3, -0.25) is 14.3 Å². The van der Waals surface area contributed by atoms with Crippen molar-refractivity contribution in [1.29, 1.82) is 0 Å². The summed E-state index contributed by atoms with van der Waals surface area (Å²) in [6, 6.07) is 14.1. The minimum absolute atomic E-state index is 0.276. The normalized spacial score (nSPS) is 13.7. The molecule has 8 nitrogen and oxygen atoms in total. The Bertz CT molecular complexity index is 1010. The number of hydrogen-bond acceptors (Lipinski definition) is 6. The molecule has 2 aromatic rings. The van der Waals surface area contributed by atoms with Gasteiger partial charge in [0, 0.05) is 28.1 Å². The molecule has 0 amide bonds. The highest BCUT2D eigenvalue weighted by Crippen LogP contribution is 2.17. The molecule has 0 bridgehead atoms. The van der Waals surface area contributed by atoms with Crippen molar-refractivity contribution >= 4 is 30.8 Å². The first-order chi connectivity index (χ1) is 12.7. The van der Waals surface area contributed by atoms with E-state index in [0.29, 0.717) is 6.61 Å². The second-order valence-corrected chi connectivity index (χ2v) is 10.0. The van der Waals surface area contributed by atoms with Crippen LogP contribution in [0.4, 0.5) is 5.69 Å². The van der Waals surface area contributed by atoms with Crippen LogP contribution in [-0.2, 0) is 31.1 Å². The highest BCUT2D eigenvalue weighted by Gasteiger charge is 2.20. The molecule has 27 heavy (non-hydrogen) atoms. The van der Waals surface area contributed by atoms with Gasteiger partial charge in [0.05, 0.1) is 23.0 Å². The molecule has 0 fully saturated rings. The average Bonchev–Trinajstić information content (AvgIpc) is 2.61. The second kappa shape index (κ2) is 9.09. The summed E-state index contributed by atoms with van der Waals surface area (Å²) in [7, 11) is -7.19. The van der Waals surface area contributed by atoms with Gasteiger partial charge in [-0.2, -0.15) is 0 Å². The van der Waals surface area contributed by atoms with E-state index >= 15 is 0 Å². The third kappa shape index (κ3) is 6.75. The van der Waals surface area contributed by atoms with Gasteiger partial charge in [0.2, 0.25) is 0 Å². The van der Waals surface area contributed by atoms with E-state index in [0.717, 1.165) is 11.6 Å². The molecule has 0 spiro atoms. The third-order valence-electron chi connectivity index (χ3n) is 3.42. The van der Waals surface area contributed by atoms with E-state index in [1.807, 2.05) is 30.3 Å². The van der Waals surface area contributed by atoms with Gasteiger partial charge in [0.15, 0.2) is 0 Å². The average molecular weight is 412 g/mol. The zero-order chi connectivity index (χ0) is 19.9. The van der Waals surface area contributed by atoms with Crippen molar-refractivity contribution in [1.82, 2.24) is 4.13 Å². The first kappa shape index (κ1) is 21.0. The van der Waals surface area contributed by atoms with E-state index in [2.05, 4.69) is 4.13 Å². The number of sulfonamides is 1. The molecule has 0 aliphatic carbocycles. The van der Waals surface area contributed by atoms with Gasteiger partial charge >= 0.3 is 0 Å². The molecule has 1 atom stereocenters. The standard InChI is InChI=1S/C17H20N2O6S2/c1-26(22,12-6-11-25-14-15-7-3-2-4-8-15)18-27(23,24)17-10-5-9-16(13-17)19(20)21/h2-5,7-10,12-13H,6,11,14H2,1H3,(H,18,22). The van der Waals surface area contributed by atoms with Crippen LogP contribution in [0, 0.1) is 10.1 Å². The molecule has 1 unspecified atom stereocenters. The monoisotopic (exact) mass is 412 g/mol. The summed E-state index contributed by atoms with van der Waals surface area (Å²) < 4.78 is 44.7. The lowest BCUT2D eigenvalue weighted by atomic mass is 10.2. The second-order valence-electron chi connectivity index (χ2n) is 5.74. The molecule has 2 rings (SSSR count). The van der Waals surface area contributed by atoms with E-state index in [9.17, 15) is 22.7 Å². The number of nitro benzene ring substituents is 1. The fraction of sp³-hybridized carbons (Fsp3) is 0.235. The van der Waals surface area contributed by atoms with Gasteiger partial charge in [0.1, 0.15) is 0 Å². The molecule has 0 aromatic heterocycles. The topological polar surface area (TPSA) is 116 Å². The Labute approximate surface area is 158 Å². The first-order valence-electron chi connectivity index (χ1n) is 7.92. The third-order valence-corrected chi connectivity index (χ3v) is 7.37. The van der Waals surface area contributed by atoms with Crippen molar-refractivity contribution in [2.45, 2.75) is 17.9 Å². The molecule has 1 N–H and O–H groups in total. The van der Waals surface area contributed by atoms with E-state index in [1.165, 1.54) is 29.8 Å². The van der Waals surface area contributed by atoms with E-state index in [-0.39, 0.29) is 23.6 Å². The number of nitro groups is 1. The van der Waals surface area contributed by atoms with Crippen LogP contribution in [0.2, 0.25) is 0 Å². The molecule has 2 aromatic carbocycles. The SMILES string of the molecule is CS(=O)(=CCCOCc1ccccc1)NS(=O)(=O)c1cccc([N+](=O)[O-])c1. The van der Waals surface area contributed by atoms with Crippen LogP contribution in [0.25, 0.3) is 0 Å². The Hall–Kier alpha value is -2.27. The number of benzene rings is 2. The Morgan fingerprint density at radius 2 is 1.81 bits per heavy atom. The maximum Gasteiger partial charge on any atom is 0.270 e. The van der Waals surface area contributed by atoms with E-state index in [4.69, 9.17) is 4.74 Å². The molecule has 0 aliphatic heterocycles. The zero-order valence-corrected chi connectivity index (χ0v) is 16.2. The summed E-state index contributed by atoms with van der Waals surface area (Å²) in [6.07, 6.45) is 1.53. The van der Waals surface area contributed by atoms with Crippen molar-refractivity contribution in [3.8, 4) is 0 Å². The summed E-state index contributed by atoms with van der Waals surface area (Å²) in [4.78, 5) is 9.77. The predicted octanol–water partition coefficient (Wildman–Crippen LogP) is 2.11. The smallest absolute Gasteiger partial charge is 0.270 e. The van der Waals surface area contributed by atoms with Crippen molar-refractivity contribution in [3.63, 3.8) is 0 Å². The molecule has 146 valence electrons. The lowest BCUT2D eigenvalue weighted by Gasteiger charge is -2.09. The number of nitrogens with one attached hydrogen (secondary N) is 1. The summed E-state index contributed by atoms with van der Waals surface area (Å²) in [5.41, 5.74) is 0.639. The van der Waals surface area contributed by atoms with Crippen LogP contribution >= 0.6 is 0 Å². The van der Waals surface area contributed by atoms with Gasteiger partial charge in [-0.15, -0.1) is 4.13 Å². The van der Waals surface area contributed by atoms with Crippen molar-refractivity contribution in [2.24, 2.45) is 0 Å². The van der Waals surface area contributed by atoms with Gasteiger partial charge < -0.3 is 4.74 Å². The number of hydrogen-bond donors (Lipinski definition) is 1. The van der Waals surface area contributed by atoms with Crippen molar-refractivity contribution in [3.05, 3.63) is 70.3 Å². The summed E-state index contributed by atoms with van der Waals surface area (Å²) in [5, 5.41) is 12.1. The summed E-state index contributed by atoms with van der Waals surface area (Å²) in [6.45, 7) is 0.678. The van der Waals surface area contributed by atoms with Crippen LogP contribution < -0.4 is 4.13 Å². The van der Waals surface area contributed by atoms with Crippen LogP contribution in [0.3, 0.4) is 0 Å². The quantitative estimate of drug-likeness (QED) is 0.292. The Kier molecular flexibility index (Phi) is 7.08. The predicted molar refractivity (Wildman–Crippen MR) is 104 cm³/mol. The number of non-ortho nitro benzene ring substituents is 1. The van der Waals surface area contributed by atoms with Gasteiger partial charge in [-0.25, -0.2) is 8.42 Å². The molecular weight excluding hydrogens is 392 g/mol. The number of ether oxygens (including phenoxy) is 1. The highest BCUT2D eigenvalue weighted by atomic mass is 32.3. The van der Waals surface area contributed by atoms with Crippen molar-refractivity contribution in [2.75, 3.05) is 12.9 Å². The molecule has 0 radical (unpaired) electrons. The summed E-state index contributed by atoms with van der Waals surface area (Å²) in [5.74, 6) is 0. The Morgan fingerprint density at radius 1 is 1.11 bits per heavy atom. The van der Waals surface area contributed by atoms with Gasteiger partial charge in [-0.05, 0) is 23.4 Å². The largest absolute Gasteiger partial charge is 0.376 e. The fourth-order valence-corrected chi connectivity index (χ4v) is 5.66. The van der Waals surface area contributed by atoms with Gasteiger partial charge in [0.25, 0.3) is 15.7 Å². The van der Waals surface area contributed by atoms with Crippen LogP contribution in [0.5, 0.6) is 0 Å².